The van der Waals surface area contributed by atoms with Crippen molar-refractivity contribution in [3.63, 3.8) is 0 Å². The Morgan fingerprint density at radius 2 is 2.00 bits per heavy atom. The second-order valence-electron chi connectivity index (χ2n) is 11.2. The molecule has 11 heteroatoms. The number of nitrogens with one attached hydrogen (secondary N) is 2. The Morgan fingerprint density at radius 3 is 2.74 bits per heavy atom. The molecule has 5 heterocycles. The van der Waals surface area contributed by atoms with Crippen molar-refractivity contribution in [3.05, 3.63) is 28.1 Å². The number of halogens is 1. The van der Waals surface area contributed by atoms with Gasteiger partial charge in [-0.1, -0.05) is 0 Å². The molecule has 0 spiro atoms. The molecule has 10 nitrogen and oxygen atoms in total. The average Bonchev–Trinajstić information content (AvgIpc) is 3.57. The molecule has 2 aliphatic rings. The van der Waals surface area contributed by atoms with Crippen LogP contribution in [-0.2, 0) is 16.0 Å². The van der Waals surface area contributed by atoms with Crippen molar-refractivity contribution in [2.75, 3.05) is 51.3 Å². The van der Waals surface area contributed by atoms with E-state index in [0.717, 1.165) is 72.9 Å². The van der Waals surface area contributed by atoms with Gasteiger partial charge in [0.05, 0.1) is 23.4 Å². The zero-order chi connectivity index (χ0) is 27.0. The Bertz CT molecular complexity index is 1310. The first-order valence-corrected chi connectivity index (χ1v) is 14.1. The molecule has 0 saturated carbocycles. The maximum atomic E-state index is 12.5. The number of aromatic amines is 1. The lowest BCUT2D eigenvalue weighted by Crippen LogP contribution is -2.38. The summed E-state index contributed by atoms with van der Waals surface area (Å²) in [6, 6.07) is 2.30. The van der Waals surface area contributed by atoms with E-state index in [0.29, 0.717) is 18.7 Å². The number of aryl methyl sites for hydroxylation is 1. The molecule has 5 rings (SSSR count). The molecule has 0 bridgehead atoms. The average molecular weight is 589 g/mol. The van der Waals surface area contributed by atoms with Gasteiger partial charge in [-0.15, -0.1) is 0 Å². The zero-order valence-corrected chi connectivity index (χ0v) is 24.5. The van der Waals surface area contributed by atoms with Gasteiger partial charge in [-0.2, -0.15) is 0 Å². The number of H-pyrrole nitrogens is 1. The molecule has 0 radical (unpaired) electrons. The van der Waals surface area contributed by atoms with Gasteiger partial charge in [0.25, 0.3) is 0 Å². The molecule has 3 aromatic rings. The molecule has 2 aliphatic heterocycles. The number of ether oxygens (including phenoxy) is 2. The molecule has 1 amide bonds. The molecule has 2 fully saturated rings. The fourth-order valence-corrected chi connectivity index (χ4v) is 5.64. The van der Waals surface area contributed by atoms with Crippen LogP contribution in [0.15, 0.2) is 16.7 Å². The SMILES string of the molecule is Cc1cc(-c2nc3ncc(Br)c(N[C@H]4CCN(C(=O)OC(C)(C)C)C4)c3[nH]2)c(C)n1CCN1CCOCC1. The normalized spacial score (nSPS) is 18.9. The highest BCUT2D eigenvalue weighted by Gasteiger charge is 2.30. The second kappa shape index (κ2) is 10.9. The lowest BCUT2D eigenvalue weighted by molar-refractivity contribution is 0.0293. The Morgan fingerprint density at radius 1 is 1.24 bits per heavy atom. The lowest BCUT2D eigenvalue weighted by Gasteiger charge is -2.27. The second-order valence-corrected chi connectivity index (χ2v) is 12.1. The third-order valence-electron chi connectivity index (χ3n) is 7.23. The van der Waals surface area contributed by atoms with E-state index < -0.39 is 5.60 Å². The minimum atomic E-state index is -0.507. The largest absolute Gasteiger partial charge is 0.444 e. The van der Waals surface area contributed by atoms with Crippen LogP contribution < -0.4 is 5.32 Å². The number of carbonyl (C=O) groups excluding carboxylic acids is 1. The fourth-order valence-electron chi connectivity index (χ4n) is 5.23. The molecule has 2 saturated heterocycles. The van der Waals surface area contributed by atoms with Gasteiger partial charge in [0.1, 0.15) is 16.9 Å². The van der Waals surface area contributed by atoms with E-state index in [4.69, 9.17) is 14.5 Å². The molecule has 0 aromatic carbocycles. The molecule has 3 aromatic heterocycles. The topological polar surface area (TPSA) is 101 Å². The van der Waals surface area contributed by atoms with Crippen LogP contribution in [0.25, 0.3) is 22.6 Å². The van der Waals surface area contributed by atoms with Crippen molar-refractivity contribution in [3.8, 4) is 11.4 Å². The number of rotatable bonds is 6. The summed E-state index contributed by atoms with van der Waals surface area (Å²) in [6.07, 6.45) is 2.34. The van der Waals surface area contributed by atoms with Gasteiger partial charge in [-0.05, 0) is 63.0 Å². The quantitative estimate of drug-likeness (QED) is 0.436. The van der Waals surface area contributed by atoms with Gasteiger partial charge in [0.15, 0.2) is 5.65 Å². The number of amides is 1. The van der Waals surface area contributed by atoms with Crippen LogP contribution in [0, 0.1) is 13.8 Å². The summed E-state index contributed by atoms with van der Waals surface area (Å²) < 4.78 is 14.3. The van der Waals surface area contributed by atoms with Crippen LogP contribution >= 0.6 is 15.9 Å². The van der Waals surface area contributed by atoms with E-state index in [1.165, 1.54) is 11.4 Å². The number of pyridine rings is 1. The van der Waals surface area contributed by atoms with Crippen LogP contribution in [-0.4, -0.2) is 93.0 Å². The third-order valence-corrected chi connectivity index (χ3v) is 7.84. The predicted octanol–water partition coefficient (Wildman–Crippen LogP) is 4.56. The Balaban J connectivity index is 1.33. The van der Waals surface area contributed by atoms with Crippen LogP contribution in [0.3, 0.4) is 0 Å². The number of aromatic nitrogens is 4. The standard InChI is InChI=1S/C27H38BrN7O3/c1-17-14-20(18(2)35(17)9-8-33-10-12-37-13-11-33)24-31-23-22(21(28)15-29-25(23)32-24)30-19-6-7-34(16-19)26(36)38-27(3,4)5/h14-15,19H,6-13,16H2,1-5H3,(H2,29,30,31,32)/t19-/m0/s1. The molecule has 2 N–H and O–H groups in total. The number of likely N-dealkylation sites (tertiary alicyclic amines) is 1. The first kappa shape index (κ1) is 27.0. The highest BCUT2D eigenvalue weighted by molar-refractivity contribution is 9.10. The number of carbonyl (C=O) groups is 1. The molecule has 0 aliphatic carbocycles. The fraction of sp³-hybridized carbons (Fsp3) is 0.593. The Hall–Kier alpha value is -2.63. The smallest absolute Gasteiger partial charge is 0.410 e. The summed E-state index contributed by atoms with van der Waals surface area (Å²) in [4.78, 5) is 29.7. The number of hydrogen-bond donors (Lipinski definition) is 2. The van der Waals surface area contributed by atoms with Crippen molar-refractivity contribution >= 4 is 38.9 Å². The number of fused-ring (bicyclic) bond motifs is 1. The molecule has 38 heavy (non-hydrogen) atoms. The van der Waals surface area contributed by atoms with Gasteiger partial charge in [0, 0.05) is 68.5 Å². The molecule has 0 unspecified atom stereocenters. The van der Waals surface area contributed by atoms with E-state index in [1.807, 2.05) is 20.8 Å². The molecular formula is C27H38BrN7O3. The maximum absolute atomic E-state index is 12.5. The van der Waals surface area contributed by atoms with Crippen molar-refractivity contribution in [1.29, 1.82) is 0 Å². The van der Waals surface area contributed by atoms with Crippen LogP contribution in [0.4, 0.5) is 10.5 Å². The number of hydrogen-bond acceptors (Lipinski definition) is 7. The van der Waals surface area contributed by atoms with Gasteiger partial charge in [-0.3, -0.25) is 4.90 Å². The van der Waals surface area contributed by atoms with Crippen LogP contribution in [0.2, 0.25) is 0 Å². The molecule has 1 atom stereocenters. The number of morpholine rings is 1. The van der Waals surface area contributed by atoms with Crippen molar-refractivity contribution < 1.29 is 14.3 Å². The molecule has 206 valence electrons. The monoisotopic (exact) mass is 587 g/mol. The molecular weight excluding hydrogens is 550 g/mol. The summed E-state index contributed by atoms with van der Waals surface area (Å²) >= 11 is 3.67. The predicted molar refractivity (Wildman–Crippen MR) is 152 cm³/mol. The Kier molecular flexibility index (Phi) is 7.70. The Labute approximate surface area is 232 Å². The summed E-state index contributed by atoms with van der Waals surface area (Å²) in [6.45, 7) is 16.7. The van der Waals surface area contributed by atoms with Gasteiger partial charge < -0.3 is 29.2 Å². The minimum absolute atomic E-state index is 0.0985. The maximum Gasteiger partial charge on any atom is 0.410 e. The zero-order valence-electron chi connectivity index (χ0n) is 22.9. The van der Waals surface area contributed by atoms with Crippen LogP contribution in [0.1, 0.15) is 38.6 Å². The number of anilines is 1. The van der Waals surface area contributed by atoms with Gasteiger partial charge in [-0.25, -0.2) is 14.8 Å². The van der Waals surface area contributed by atoms with Crippen molar-refractivity contribution in [2.24, 2.45) is 0 Å². The van der Waals surface area contributed by atoms with Crippen molar-refractivity contribution in [1.82, 2.24) is 29.3 Å². The van der Waals surface area contributed by atoms with Gasteiger partial charge in [0.2, 0.25) is 0 Å². The van der Waals surface area contributed by atoms with Crippen LogP contribution in [0.5, 0.6) is 0 Å². The van der Waals surface area contributed by atoms with E-state index in [-0.39, 0.29) is 12.1 Å². The minimum Gasteiger partial charge on any atom is -0.444 e. The summed E-state index contributed by atoms with van der Waals surface area (Å²) in [5, 5.41) is 3.62. The van der Waals surface area contributed by atoms with E-state index in [2.05, 4.69) is 60.6 Å². The lowest BCUT2D eigenvalue weighted by atomic mass is 10.2. The number of imidazole rings is 1. The van der Waals surface area contributed by atoms with E-state index >= 15 is 0 Å². The highest BCUT2D eigenvalue weighted by Crippen LogP contribution is 2.34. The van der Waals surface area contributed by atoms with Crippen molar-refractivity contribution in [2.45, 2.75) is 59.2 Å². The van der Waals surface area contributed by atoms with E-state index in [9.17, 15) is 4.79 Å². The van der Waals surface area contributed by atoms with Gasteiger partial charge >= 0.3 is 6.09 Å². The highest BCUT2D eigenvalue weighted by atomic mass is 79.9. The first-order valence-electron chi connectivity index (χ1n) is 13.3. The summed E-state index contributed by atoms with van der Waals surface area (Å²) in [7, 11) is 0. The summed E-state index contributed by atoms with van der Waals surface area (Å²) in [5.74, 6) is 0.807. The number of nitrogens with zero attached hydrogens (tertiary/aromatic N) is 5. The van der Waals surface area contributed by atoms with E-state index in [1.54, 1.807) is 11.1 Å². The third kappa shape index (κ3) is 5.84. The first-order chi connectivity index (χ1) is 18.1. The summed E-state index contributed by atoms with van der Waals surface area (Å²) in [5.41, 5.74) is 5.40.